The van der Waals surface area contributed by atoms with E-state index in [-0.39, 0.29) is 18.0 Å². The van der Waals surface area contributed by atoms with E-state index in [0.29, 0.717) is 24.6 Å². The van der Waals surface area contributed by atoms with Crippen molar-refractivity contribution in [2.75, 3.05) is 0 Å². The van der Waals surface area contributed by atoms with Crippen molar-refractivity contribution in [3.05, 3.63) is 24.2 Å². The highest BCUT2D eigenvalue weighted by Gasteiger charge is 2.23. The molecule has 1 heterocycles. The third-order valence-corrected chi connectivity index (χ3v) is 4.29. The summed E-state index contributed by atoms with van der Waals surface area (Å²) in [6, 6.07) is 3.03. The first kappa shape index (κ1) is 18.4. The minimum atomic E-state index is -0.538. The molecule has 1 aliphatic rings. The average Bonchev–Trinajstić information content (AvgIpc) is 3.06. The molecule has 24 heavy (non-hydrogen) atoms. The predicted octanol–water partition coefficient (Wildman–Crippen LogP) is 2.94. The van der Waals surface area contributed by atoms with Gasteiger partial charge in [-0.15, -0.1) is 0 Å². The molecule has 2 rings (SSSR count). The number of carbonyl (C=O) groups excluding carboxylic acids is 2. The molecule has 1 atom stereocenters. The third kappa shape index (κ3) is 6.26. The van der Waals surface area contributed by atoms with Crippen molar-refractivity contribution in [2.45, 2.75) is 71.0 Å². The summed E-state index contributed by atoms with van der Waals surface area (Å²) in [6.45, 7) is 4.40. The lowest BCUT2D eigenvalue weighted by atomic mass is 9.96. The number of hydrogen-bond acceptors (Lipinski definition) is 3. The zero-order valence-electron chi connectivity index (χ0n) is 14.6. The highest BCUT2D eigenvalue weighted by molar-refractivity contribution is 5.87. The summed E-state index contributed by atoms with van der Waals surface area (Å²) in [6.07, 6.45) is 7.77. The van der Waals surface area contributed by atoms with Crippen LogP contribution in [-0.2, 0) is 11.3 Å². The molecule has 134 valence electrons. The first-order valence-corrected chi connectivity index (χ1v) is 8.91. The monoisotopic (exact) mass is 335 g/mol. The van der Waals surface area contributed by atoms with Crippen LogP contribution in [0, 0.1) is 5.92 Å². The van der Waals surface area contributed by atoms with Gasteiger partial charge in [-0.05, 0) is 37.3 Å². The van der Waals surface area contributed by atoms with Gasteiger partial charge in [0.1, 0.15) is 11.8 Å². The van der Waals surface area contributed by atoms with E-state index in [4.69, 9.17) is 4.42 Å². The molecule has 3 amide bonds. The van der Waals surface area contributed by atoms with Crippen LogP contribution in [0.3, 0.4) is 0 Å². The van der Waals surface area contributed by atoms with Crippen LogP contribution >= 0.6 is 0 Å². The van der Waals surface area contributed by atoms with Crippen molar-refractivity contribution in [1.82, 2.24) is 16.0 Å². The van der Waals surface area contributed by atoms with Crippen LogP contribution < -0.4 is 16.0 Å². The van der Waals surface area contributed by atoms with Gasteiger partial charge in [0.25, 0.3) is 0 Å². The smallest absolute Gasteiger partial charge is 0.315 e. The van der Waals surface area contributed by atoms with Gasteiger partial charge in [-0.2, -0.15) is 0 Å². The maximum Gasteiger partial charge on any atom is 0.315 e. The van der Waals surface area contributed by atoms with Gasteiger partial charge in [0, 0.05) is 6.04 Å². The maximum atomic E-state index is 12.4. The van der Waals surface area contributed by atoms with E-state index in [9.17, 15) is 9.59 Å². The fraction of sp³-hybridized carbons (Fsp3) is 0.667. The van der Waals surface area contributed by atoms with E-state index in [1.54, 1.807) is 18.4 Å². The van der Waals surface area contributed by atoms with Crippen molar-refractivity contribution >= 4 is 11.9 Å². The number of nitrogens with one attached hydrogen (secondary N) is 3. The fourth-order valence-corrected chi connectivity index (χ4v) is 3.05. The minimum absolute atomic E-state index is 0.182. The van der Waals surface area contributed by atoms with Gasteiger partial charge in [-0.25, -0.2) is 4.79 Å². The molecule has 0 aliphatic heterocycles. The van der Waals surface area contributed by atoms with E-state index in [2.05, 4.69) is 16.0 Å². The summed E-state index contributed by atoms with van der Waals surface area (Å²) in [5.41, 5.74) is 0. The van der Waals surface area contributed by atoms with Gasteiger partial charge < -0.3 is 20.4 Å². The lowest BCUT2D eigenvalue weighted by Gasteiger charge is -2.25. The quantitative estimate of drug-likeness (QED) is 0.716. The van der Waals surface area contributed by atoms with Crippen molar-refractivity contribution in [2.24, 2.45) is 5.92 Å². The molecule has 0 aromatic carbocycles. The fourth-order valence-electron chi connectivity index (χ4n) is 3.05. The Morgan fingerprint density at radius 2 is 2.00 bits per heavy atom. The number of hydrogen-bond donors (Lipinski definition) is 3. The summed E-state index contributed by atoms with van der Waals surface area (Å²) < 4.78 is 5.21. The molecule has 1 aromatic heterocycles. The first-order valence-electron chi connectivity index (χ1n) is 8.91. The molecule has 0 saturated heterocycles. The second-order valence-corrected chi connectivity index (χ2v) is 6.93. The van der Waals surface area contributed by atoms with Gasteiger partial charge in [0.2, 0.25) is 5.91 Å². The molecular formula is C18H29N3O3. The SMILES string of the molecule is CC(C)C[C@@H](NC(=O)NC1CCCCC1)C(=O)NCc1ccco1. The van der Waals surface area contributed by atoms with Gasteiger partial charge in [0.15, 0.2) is 0 Å². The molecule has 6 heteroatoms. The average molecular weight is 335 g/mol. The van der Waals surface area contributed by atoms with E-state index < -0.39 is 6.04 Å². The first-order chi connectivity index (χ1) is 11.5. The largest absolute Gasteiger partial charge is 0.467 e. The second-order valence-electron chi connectivity index (χ2n) is 6.93. The van der Waals surface area contributed by atoms with Crippen LogP contribution in [0.4, 0.5) is 4.79 Å². The Labute approximate surface area is 143 Å². The molecular weight excluding hydrogens is 306 g/mol. The zero-order chi connectivity index (χ0) is 17.4. The minimum Gasteiger partial charge on any atom is -0.467 e. The van der Waals surface area contributed by atoms with E-state index >= 15 is 0 Å². The normalized spacial score (nSPS) is 16.6. The summed E-state index contributed by atoms with van der Waals surface area (Å²) in [5.74, 6) is 0.816. The van der Waals surface area contributed by atoms with Crippen molar-refractivity contribution in [3.63, 3.8) is 0 Å². The standard InChI is InChI=1S/C18H29N3O3/c1-13(2)11-16(17(22)19-12-15-9-6-10-24-15)21-18(23)20-14-7-4-3-5-8-14/h6,9-10,13-14,16H,3-5,7-8,11-12H2,1-2H3,(H,19,22)(H2,20,21,23)/t16-/m1/s1. The molecule has 0 spiro atoms. The van der Waals surface area contributed by atoms with Crippen LogP contribution in [0.2, 0.25) is 0 Å². The van der Waals surface area contributed by atoms with Crippen LogP contribution in [-0.4, -0.2) is 24.0 Å². The Morgan fingerprint density at radius 3 is 2.62 bits per heavy atom. The second kappa shape index (κ2) is 9.35. The van der Waals surface area contributed by atoms with Crippen molar-refractivity contribution in [3.8, 4) is 0 Å². The van der Waals surface area contributed by atoms with E-state index in [1.165, 1.54) is 6.42 Å². The van der Waals surface area contributed by atoms with Gasteiger partial charge in [0.05, 0.1) is 12.8 Å². The third-order valence-electron chi connectivity index (χ3n) is 4.29. The Balaban J connectivity index is 1.83. The highest BCUT2D eigenvalue weighted by Crippen LogP contribution is 2.17. The van der Waals surface area contributed by atoms with Crippen LogP contribution in [0.1, 0.15) is 58.1 Å². The van der Waals surface area contributed by atoms with E-state index in [0.717, 1.165) is 25.7 Å². The van der Waals surface area contributed by atoms with Crippen LogP contribution in [0.5, 0.6) is 0 Å². The molecule has 0 unspecified atom stereocenters. The van der Waals surface area contributed by atoms with Crippen molar-refractivity contribution < 1.29 is 14.0 Å². The van der Waals surface area contributed by atoms with Crippen LogP contribution in [0.25, 0.3) is 0 Å². The molecule has 3 N–H and O–H groups in total. The number of furan rings is 1. The lowest BCUT2D eigenvalue weighted by Crippen LogP contribution is -2.52. The van der Waals surface area contributed by atoms with Crippen molar-refractivity contribution in [1.29, 1.82) is 0 Å². The Bertz CT molecular complexity index is 508. The summed E-state index contributed by atoms with van der Waals surface area (Å²) in [7, 11) is 0. The van der Waals surface area contributed by atoms with Gasteiger partial charge in [-0.1, -0.05) is 33.1 Å². The van der Waals surface area contributed by atoms with Gasteiger partial charge in [-0.3, -0.25) is 4.79 Å². The number of amides is 3. The summed E-state index contributed by atoms with van der Waals surface area (Å²) in [4.78, 5) is 24.6. The Hall–Kier alpha value is -1.98. The number of carbonyl (C=O) groups is 2. The van der Waals surface area contributed by atoms with Crippen LogP contribution in [0.15, 0.2) is 22.8 Å². The topological polar surface area (TPSA) is 83.4 Å². The molecule has 0 bridgehead atoms. The molecule has 6 nitrogen and oxygen atoms in total. The number of urea groups is 1. The lowest BCUT2D eigenvalue weighted by molar-refractivity contribution is -0.123. The molecule has 0 radical (unpaired) electrons. The summed E-state index contributed by atoms with van der Waals surface area (Å²) in [5, 5.41) is 8.66. The number of rotatable bonds is 7. The molecule has 1 fully saturated rings. The molecule has 1 aromatic rings. The Kier molecular flexibility index (Phi) is 7.15. The zero-order valence-corrected chi connectivity index (χ0v) is 14.6. The Morgan fingerprint density at radius 1 is 1.25 bits per heavy atom. The molecule has 1 aliphatic carbocycles. The summed E-state index contributed by atoms with van der Waals surface area (Å²) >= 11 is 0. The molecule has 1 saturated carbocycles. The maximum absolute atomic E-state index is 12.4. The van der Waals surface area contributed by atoms with Gasteiger partial charge >= 0.3 is 6.03 Å². The van der Waals surface area contributed by atoms with E-state index in [1.807, 2.05) is 13.8 Å². The predicted molar refractivity (Wildman–Crippen MR) is 92.3 cm³/mol. The highest BCUT2D eigenvalue weighted by atomic mass is 16.3.